The van der Waals surface area contributed by atoms with Crippen molar-refractivity contribution in [2.75, 3.05) is 19.3 Å². The molecule has 0 aliphatic carbocycles. The Labute approximate surface area is 156 Å². The van der Waals surface area contributed by atoms with Crippen LogP contribution in [0.4, 0.5) is 5.69 Å². The zero-order valence-corrected chi connectivity index (χ0v) is 16.6. The summed E-state index contributed by atoms with van der Waals surface area (Å²) in [6.45, 7) is 10.4. The number of aliphatic imine (C=N–C) groups is 1. The van der Waals surface area contributed by atoms with Crippen LogP contribution in [0.5, 0.6) is 5.75 Å². The Hall–Kier alpha value is -1.98. The van der Waals surface area contributed by atoms with E-state index >= 15 is 0 Å². The van der Waals surface area contributed by atoms with E-state index in [9.17, 15) is 5.11 Å². The summed E-state index contributed by atoms with van der Waals surface area (Å²) in [5.41, 5.74) is 14.6. The number of phenols is 1. The first-order valence-corrected chi connectivity index (χ1v) is 9.24. The van der Waals surface area contributed by atoms with Gasteiger partial charge in [0.1, 0.15) is 5.75 Å². The monoisotopic (exact) mass is 361 g/mol. The summed E-state index contributed by atoms with van der Waals surface area (Å²) in [7, 11) is 1.50. The molecule has 0 heterocycles. The molecule has 0 saturated carbocycles. The van der Waals surface area contributed by atoms with Crippen LogP contribution in [0.2, 0.25) is 0 Å². The molecule has 0 spiro atoms. The second kappa shape index (κ2) is 13.3. The molecule has 0 unspecified atom stereocenters. The number of anilines is 1. The van der Waals surface area contributed by atoms with Crippen molar-refractivity contribution in [1.82, 2.24) is 0 Å². The van der Waals surface area contributed by atoms with Gasteiger partial charge in [-0.05, 0) is 68.9 Å². The predicted molar refractivity (Wildman–Crippen MR) is 113 cm³/mol. The van der Waals surface area contributed by atoms with Crippen molar-refractivity contribution in [2.45, 2.75) is 37.8 Å². The summed E-state index contributed by atoms with van der Waals surface area (Å²) in [5, 5.41) is 9.85. The molecule has 4 nitrogen and oxygen atoms in total. The van der Waals surface area contributed by atoms with Crippen LogP contribution in [0.3, 0.4) is 0 Å². The highest BCUT2D eigenvalue weighted by Crippen LogP contribution is 2.34. The maximum atomic E-state index is 9.85. The number of nitrogen functional groups attached to an aromatic ring is 1. The average molecular weight is 362 g/mol. The lowest BCUT2D eigenvalue weighted by molar-refractivity contribution is 0.461. The summed E-state index contributed by atoms with van der Waals surface area (Å²) in [6, 6.07) is 11.5. The molecule has 0 aliphatic rings. The van der Waals surface area contributed by atoms with Crippen LogP contribution in [-0.4, -0.2) is 25.4 Å². The highest BCUT2D eigenvalue weighted by atomic mass is 32.2. The van der Waals surface area contributed by atoms with Crippen LogP contribution >= 0.6 is 11.8 Å². The lowest BCUT2D eigenvalue weighted by Crippen LogP contribution is -1.91. The fourth-order valence-electron chi connectivity index (χ4n) is 1.98. The Bertz CT molecular complexity index is 625. The molecule has 0 amide bonds. The molecule has 0 fully saturated rings. The van der Waals surface area contributed by atoms with Crippen molar-refractivity contribution in [1.29, 1.82) is 0 Å². The fourth-order valence-corrected chi connectivity index (χ4v) is 3.10. The number of phenolic OH excluding ortho intramolecular Hbond substituents is 1. The lowest BCUT2D eigenvalue weighted by atomic mass is 10.1. The van der Waals surface area contributed by atoms with Crippen molar-refractivity contribution in [2.24, 2.45) is 10.7 Å². The van der Waals surface area contributed by atoms with Gasteiger partial charge in [-0.3, -0.25) is 0 Å². The number of rotatable bonds is 5. The predicted octanol–water partition coefficient (Wildman–Crippen LogP) is 4.56. The average Bonchev–Trinajstić information content (AvgIpc) is 2.60. The van der Waals surface area contributed by atoms with Crippen molar-refractivity contribution < 1.29 is 5.11 Å². The Morgan fingerprint density at radius 2 is 1.80 bits per heavy atom. The maximum Gasteiger partial charge on any atom is 0.129 e. The molecule has 0 aliphatic heterocycles. The number of nitrogens with two attached hydrogens (primary N) is 2. The van der Waals surface area contributed by atoms with Crippen LogP contribution in [-0.2, 0) is 5.75 Å². The summed E-state index contributed by atoms with van der Waals surface area (Å²) in [5.74, 6) is 1.16. The number of aryl methyl sites for hydroxylation is 2. The smallest absolute Gasteiger partial charge is 0.129 e. The van der Waals surface area contributed by atoms with Crippen molar-refractivity contribution in [3.63, 3.8) is 0 Å². The third kappa shape index (κ3) is 8.61. The molecular formula is C20H31N3OS. The SMILES string of the molecule is C=NCCC.CN.Cc1ccc(N)cc1CSc1c(C)cccc1O. The van der Waals surface area contributed by atoms with E-state index in [0.29, 0.717) is 5.75 Å². The van der Waals surface area contributed by atoms with Crippen LogP contribution in [0.25, 0.3) is 0 Å². The lowest BCUT2D eigenvalue weighted by Gasteiger charge is -2.10. The van der Waals surface area contributed by atoms with E-state index in [-0.39, 0.29) is 0 Å². The molecule has 0 saturated heterocycles. The van der Waals surface area contributed by atoms with Gasteiger partial charge in [0.2, 0.25) is 0 Å². The quantitative estimate of drug-likeness (QED) is 0.414. The summed E-state index contributed by atoms with van der Waals surface area (Å²) in [6.07, 6.45) is 1.11. The van der Waals surface area contributed by atoms with Crippen LogP contribution in [0.1, 0.15) is 30.0 Å². The van der Waals surface area contributed by atoms with E-state index in [2.05, 4.69) is 31.3 Å². The molecule has 5 N–H and O–H groups in total. The molecular weight excluding hydrogens is 330 g/mol. The fraction of sp³-hybridized carbons (Fsp3) is 0.350. The van der Waals surface area contributed by atoms with Crippen molar-refractivity contribution >= 4 is 24.2 Å². The van der Waals surface area contributed by atoms with Gasteiger partial charge >= 0.3 is 0 Å². The zero-order chi connectivity index (χ0) is 19.2. The van der Waals surface area contributed by atoms with E-state index in [1.54, 1.807) is 17.8 Å². The van der Waals surface area contributed by atoms with Gasteiger partial charge in [0.15, 0.2) is 0 Å². The molecule has 0 atom stereocenters. The number of hydrogen-bond acceptors (Lipinski definition) is 5. The standard InChI is InChI=1S/C15H17NOS.C4H9N.CH5N/c1-10-6-7-13(16)8-12(10)9-18-15-11(2)4-3-5-14(15)17;1-3-4-5-2;1-2/h3-8,17H,9,16H2,1-2H3;2-4H2,1H3;2H2,1H3. The van der Waals surface area contributed by atoms with Gasteiger partial charge in [0.05, 0.1) is 4.90 Å². The first-order valence-electron chi connectivity index (χ1n) is 8.26. The normalized spacial score (nSPS) is 9.32. The van der Waals surface area contributed by atoms with E-state index in [0.717, 1.165) is 34.9 Å². The molecule has 2 rings (SSSR count). The van der Waals surface area contributed by atoms with Crippen molar-refractivity contribution in [3.05, 3.63) is 53.1 Å². The molecule has 5 heteroatoms. The first kappa shape index (κ1) is 23.0. The van der Waals surface area contributed by atoms with Gasteiger partial charge in [-0.15, -0.1) is 11.8 Å². The Morgan fingerprint density at radius 3 is 2.32 bits per heavy atom. The highest BCUT2D eigenvalue weighted by Gasteiger charge is 2.07. The van der Waals surface area contributed by atoms with Crippen LogP contribution in [0.15, 0.2) is 46.3 Å². The van der Waals surface area contributed by atoms with Crippen LogP contribution in [0, 0.1) is 13.8 Å². The molecule has 25 heavy (non-hydrogen) atoms. The third-order valence-corrected chi connectivity index (χ3v) is 4.59. The van der Waals surface area contributed by atoms with Crippen LogP contribution < -0.4 is 11.5 Å². The molecule has 2 aromatic rings. The molecule has 0 radical (unpaired) electrons. The zero-order valence-electron chi connectivity index (χ0n) is 15.7. The Morgan fingerprint density at radius 1 is 1.12 bits per heavy atom. The van der Waals surface area contributed by atoms with Gasteiger partial charge in [0, 0.05) is 18.0 Å². The largest absolute Gasteiger partial charge is 0.507 e. The van der Waals surface area contributed by atoms with E-state index in [1.807, 2.05) is 37.3 Å². The molecule has 2 aromatic carbocycles. The topological polar surface area (TPSA) is 84.6 Å². The van der Waals surface area contributed by atoms with E-state index in [4.69, 9.17) is 5.73 Å². The number of aromatic hydroxyl groups is 1. The summed E-state index contributed by atoms with van der Waals surface area (Å²) < 4.78 is 0. The minimum absolute atomic E-state index is 0.349. The second-order valence-corrected chi connectivity index (χ2v) is 6.33. The number of hydrogen-bond donors (Lipinski definition) is 3. The maximum absolute atomic E-state index is 9.85. The van der Waals surface area contributed by atoms with Crippen molar-refractivity contribution in [3.8, 4) is 5.75 Å². The minimum atomic E-state index is 0.349. The second-order valence-electron chi connectivity index (χ2n) is 5.34. The number of thioether (sulfide) groups is 1. The first-order chi connectivity index (χ1) is 12.0. The van der Waals surface area contributed by atoms with E-state index < -0.39 is 0 Å². The van der Waals surface area contributed by atoms with Gasteiger partial charge < -0.3 is 21.6 Å². The van der Waals surface area contributed by atoms with Gasteiger partial charge in [0.25, 0.3) is 0 Å². The third-order valence-electron chi connectivity index (χ3n) is 3.32. The minimum Gasteiger partial charge on any atom is -0.507 e. The molecule has 0 aromatic heterocycles. The molecule has 0 bridgehead atoms. The Balaban J connectivity index is 0.000000710. The number of nitrogens with zero attached hydrogens (tertiary/aromatic N) is 1. The van der Waals surface area contributed by atoms with Gasteiger partial charge in [-0.2, -0.15) is 0 Å². The van der Waals surface area contributed by atoms with Gasteiger partial charge in [-0.25, -0.2) is 0 Å². The summed E-state index contributed by atoms with van der Waals surface area (Å²) in [4.78, 5) is 4.55. The summed E-state index contributed by atoms with van der Waals surface area (Å²) >= 11 is 1.64. The number of benzene rings is 2. The van der Waals surface area contributed by atoms with E-state index in [1.165, 1.54) is 18.2 Å². The highest BCUT2D eigenvalue weighted by molar-refractivity contribution is 7.98. The molecule has 138 valence electrons. The Kier molecular flexibility index (Phi) is 12.3. The van der Waals surface area contributed by atoms with Gasteiger partial charge in [-0.1, -0.05) is 25.1 Å².